The molecule has 2 saturated carbocycles. The Bertz CT molecular complexity index is 563. The fourth-order valence-electron chi connectivity index (χ4n) is 3.67. The highest BCUT2D eigenvalue weighted by Gasteiger charge is 2.59. The van der Waals surface area contributed by atoms with E-state index in [9.17, 15) is 13.8 Å². The second kappa shape index (κ2) is 8.22. The molecule has 2 aliphatic carbocycles. The van der Waals surface area contributed by atoms with Crippen LogP contribution in [-0.2, 0) is 34.5 Å². The van der Waals surface area contributed by atoms with Crippen molar-refractivity contribution in [3.63, 3.8) is 0 Å². The molecule has 150 valence electrons. The summed E-state index contributed by atoms with van der Waals surface area (Å²) in [5.74, 6) is -0.261. The monoisotopic (exact) mass is 392 g/mol. The first kappa shape index (κ1) is 21.1. The Balaban J connectivity index is 1.80. The molecule has 2 bridgehead atoms. The first-order valence-electron chi connectivity index (χ1n) is 8.87. The molecule has 2 aliphatic rings. The van der Waals surface area contributed by atoms with E-state index in [1.165, 1.54) is 0 Å². The molecule has 5 unspecified atom stereocenters. The van der Waals surface area contributed by atoms with Crippen LogP contribution in [0.3, 0.4) is 0 Å². The maximum Gasteiger partial charge on any atom is 0.508 e. The summed E-state index contributed by atoms with van der Waals surface area (Å²) in [5.41, 5.74) is -0.867. The molecule has 8 nitrogen and oxygen atoms in total. The number of hydrogen-bond donors (Lipinski definition) is 1. The zero-order chi connectivity index (χ0) is 19.5. The summed E-state index contributed by atoms with van der Waals surface area (Å²) in [6, 6.07) is 0. The Kier molecular flexibility index (Phi) is 6.68. The fourth-order valence-corrected chi connectivity index (χ4v) is 4.12. The molecule has 1 N–H and O–H groups in total. The van der Waals surface area contributed by atoms with Gasteiger partial charge in [-0.2, -0.15) is 4.21 Å². The largest absolute Gasteiger partial charge is 0.508 e. The van der Waals surface area contributed by atoms with Crippen molar-refractivity contribution in [2.75, 3.05) is 13.2 Å². The fraction of sp³-hybridized carbons (Fsp3) is 0.882. The molecule has 26 heavy (non-hydrogen) atoms. The number of rotatable bonds is 8. The van der Waals surface area contributed by atoms with Crippen molar-refractivity contribution in [1.82, 2.24) is 0 Å². The van der Waals surface area contributed by atoms with E-state index in [0.717, 1.165) is 19.3 Å². The average Bonchev–Trinajstić information content (AvgIpc) is 3.06. The van der Waals surface area contributed by atoms with Crippen LogP contribution in [0.5, 0.6) is 0 Å². The predicted octanol–water partition coefficient (Wildman–Crippen LogP) is 2.83. The molecule has 0 heterocycles. The molecule has 2 rings (SSSR count). The van der Waals surface area contributed by atoms with Gasteiger partial charge in [0.05, 0.1) is 5.41 Å². The van der Waals surface area contributed by atoms with Crippen molar-refractivity contribution < 1.29 is 36.7 Å². The Labute approximate surface area is 156 Å². The van der Waals surface area contributed by atoms with Crippen LogP contribution in [0.1, 0.15) is 53.4 Å². The van der Waals surface area contributed by atoms with Crippen molar-refractivity contribution in [2.24, 2.45) is 16.7 Å². The van der Waals surface area contributed by atoms with E-state index in [4.69, 9.17) is 22.9 Å². The maximum atomic E-state index is 12.0. The molecule has 2 fully saturated rings. The van der Waals surface area contributed by atoms with Crippen LogP contribution < -0.4 is 0 Å². The lowest BCUT2D eigenvalue weighted by Gasteiger charge is -2.34. The van der Waals surface area contributed by atoms with Crippen LogP contribution in [0.2, 0.25) is 0 Å². The summed E-state index contributed by atoms with van der Waals surface area (Å²) < 4.78 is 40.5. The lowest BCUT2D eigenvalue weighted by molar-refractivity contribution is -0.155. The van der Waals surface area contributed by atoms with Crippen molar-refractivity contribution >= 4 is 23.5 Å². The second-order valence-corrected chi connectivity index (χ2v) is 8.57. The summed E-state index contributed by atoms with van der Waals surface area (Å²) in [6.07, 6.45) is 1.00. The Morgan fingerprint density at radius 2 is 1.92 bits per heavy atom. The van der Waals surface area contributed by atoms with E-state index >= 15 is 0 Å². The highest BCUT2D eigenvalue weighted by atomic mass is 32.2. The third-order valence-electron chi connectivity index (χ3n) is 5.65. The van der Waals surface area contributed by atoms with Gasteiger partial charge >= 0.3 is 23.5 Å². The molecule has 0 aromatic heterocycles. The standard InChI is InChI=1S/C17H28O8S/c1-5-16(2,3)14(18)22-8-9-23-15(19)24-13-12(25-26(20)21)11-6-7-17(13,4)10-11/h11-13H,5-10H2,1-4H3,(H,20,21). The van der Waals surface area contributed by atoms with Gasteiger partial charge in [0.25, 0.3) is 0 Å². The van der Waals surface area contributed by atoms with Crippen LogP contribution in [0.4, 0.5) is 4.79 Å². The molecule has 0 aromatic carbocycles. The predicted molar refractivity (Wildman–Crippen MR) is 92.3 cm³/mol. The summed E-state index contributed by atoms with van der Waals surface area (Å²) >= 11 is -2.42. The minimum atomic E-state index is -2.42. The highest BCUT2D eigenvalue weighted by molar-refractivity contribution is 7.74. The Morgan fingerprint density at radius 3 is 2.54 bits per heavy atom. The van der Waals surface area contributed by atoms with Crippen molar-refractivity contribution in [1.29, 1.82) is 0 Å². The molecule has 0 aliphatic heterocycles. The first-order chi connectivity index (χ1) is 12.1. The van der Waals surface area contributed by atoms with E-state index in [1.807, 2.05) is 13.8 Å². The second-order valence-electron chi connectivity index (χ2n) is 7.95. The molecule has 0 spiro atoms. The first-order valence-corrected chi connectivity index (χ1v) is 9.91. The van der Waals surface area contributed by atoms with E-state index < -0.39 is 35.1 Å². The van der Waals surface area contributed by atoms with Crippen molar-refractivity contribution in [3.8, 4) is 0 Å². The van der Waals surface area contributed by atoms with Gasteiger partial charge in [-0.1, -0.05) is 13.8 Å². The molecule has 0 aromatic rings. The van der Waals surface area contributed by atoms with Gasteiger partial charge in [0.1, 0.15) is 25.4 Å². The van der Waals surface area contributed by atoms with Crippen molar-refractivity contribution in [3.05, 3.63) is 0 Å². The van der Waals surface area contributed by atoms with Crippen LogP contribution in [0.25, 0.3) is 0 Å². The number of hydrogen-bond acceptors (Lipinski definition) is 7. The van der Waals surface area contributed by atoms with Crippen LogP contribution in [0, 0.1) is 16.7 Å². The normalized spacial score (nSPS) is 31.5. The van der Waals surface area contributed by atoms with E-state index in [-0.39, 0.29) is 30.5 Å². The Hall–Kier alpha value is -1.19. The topological polar surface area (TPSA) is 108 Å². The molecular formula is C17H28O8S. The number of ether oxygens (including phenoxy) is 3. The van der Waals surface area contributed by atoms with Gasteiger partial charge < -0.3 is 14.2 Å². The minimum absolute atomic E-state index is 0.0531. The van der Waals surface area contributed by atoms with Gasteiger partial charge in [-0.15, -0.1) is 0 Å². The number of fused-ring (bicyclic) bond motifs is 2. The van der Waals surface area contributed by atoms with E-state index in [2.05, 4.69) is 0 Å². The van der Waals surface area contributed by atoms with Crippen LogP contribution in [-0.4, -0.2) is 46.3 Å². The summed E-state index contributed by atoms with van der Waals surface area (Å²) in [5, 5.41) is 0. The molecule has 0 saturated heterocycles. The lowest BCUT2D eigenvalue weighted by Crippen LogP contribution is -2.43. The quantitative estimate of drug-likeness (QED) is 0.382. The highest BCUT2D eigenvalue weighted by Crippen LogP contribution is 2.56. The van der Waals surface area contributed by atoms with E-state index in [1.54, 1.807) is 13.8 Å². The zero-order valence-electron chi connectivity index (χ0n) is 15.7. The molecule has 0 amide bonds. The van der Waals surface area contributed by atoms with Crippen molar-refractivity contribution in [2.45, 2.75) is 65.6 Å². The molecule has 9 heteroatoms. The van der Waals surface area contributed by atoms with E-state index in [0.29, 0.717) is 6.42 Å². The van der Waals surface area contributed by atoms with Gasteiger partial charge in [0.15, 0.2) is 0 Å². The van der Waals surface area contributed by atoms with Crippen LogP contribution in [0.15, 0.2) is 0 Å². The van der Waals surface area contributed by atoms with Gasteiger partial charge in [0, 0.05) is 5.41 Å². The minimum Gasteiger partial charge on any atom is -0.462 e. The zero-order valence-corrected chi connectivity index (χ0v) is 16.5. The maximum absolute atomic E-state index is 12.0. The third-order valence-corrected chi connectivity index (χ3v) is 6.04. The van der Waals surface area contributed by atoms with Gasteiger partial charge in [-0.25, -0.2) is 4.79 Å². The molecule has 0 radical (unpaired) electrons. The van der Waals surface area contributed by atoms with Gasteiger partial charge in [0.2, 0.25) is 0 Å². The Morgan fingerprint density at radius 1 is 1.27 bits per heavy atom. The smallest absolute Gasteiger partial charge is 0.462 e. The summed E-state index contributed by atoms with van der Waals surface area (Å²) in [7, 11) is 0. The van der Waals surface area contributed by atoms with Crippen LogP contribution >= 0.6 is 0 Å². The molecular weight excluding hydrogens is 364 g/mol. The average molecular weight is 392 g/mol. The SMILES string of the molecule is CCC(C)(C)C(=O)OCCOC(=O)OC1C(OS(=O)O)C2CCC1(C)C2. The number of carbonyl (C=O) groups is 2. The number of carbonyl (C=O) groups excluding carboxylic acids is 2. The summed E-state index contributed by atoms with van der Waals surface area (Å²) in [6.45, 7) is 7.26. The lowest BCUT2D eigenvalue weighted by atomic mass is 9.83. The van der Waals surface area contributed by atoms with Gasteiger partial charge in [-0.05, 0) is 45.4 Å². The number of esters is 1. The summed E-state index contributed by atoms with van der Waals surface area (Å²) in [4.78, 5) is 23.8. The van der Waals surface area contributed by atoms with Gasteiger partial charge in [-0.3, -0.25) is 13.5 Å². The third kappa shape index (κ3) is 4.75. The molecule has 5 atom stereocenters.